The quantitative estimate of drug-likeness (QED) is 0.346. The zero-order chi connectivity index (χ0) is 26.5. The summed E-state index contributed by atoms with van der Waals surface area (Å²) in [4.78, 5) is 41.5. The number of ether oxygens (including phenoxy) is 1. The predicted octanol–water partition coefficient (Wildman–Crippen LogP) is 2.10. The highest BCUT2D eigenvalue weighted by Gasteiger charge is 2.20. The topological polar surface area (TPSA) is 126 Å². The number of aromatic nitrogens is 6. The highest BCUT2D eigenvalue weighted by Crippen LogP contribution is 2.21. The number of benzene rings is 1. The number of carboxylic acids is 1. The molecule has 0 spiro atoms. The molecule has 0 fully saturated rings. The van der Waals surface area contributed by atoms with Gasteiger partial charge in [0.2, 0.25) is 0 Å². The molecule has 11 nitrogen and oxygen atoms in total. The second-order valence-electron chi connectivity index (χ2n) is 8.50. The van der Waals surface area contributed by atoms with Crippen molar-refractivity contribution < 1.29 is 14.6 Å². The zero-order valence-corrected chi connectivity index (χ0v) is 21.0. The number of carboxylic acid groups (broad SMARTS) is 1. The van der Waals surface area contributed by atoms with Gasteiger partial charge >= 0.3 is 11.7 Å². The molecule has 0 aliphatic rings. The zero-order valence-electron chi connectivity index (χ0n) is 21.0. The Hall–Kier alpha value is -4.59. The van der Waals surface area contributed by atoms with Gasteiger partial charge in [0.1, 0.15) is 18.1 Å². The van der Waals surface area contributed by atoms with Gasteiger partial charge in [-0.2, -0.15) is 5.10 Å². The van der Waals surface area contributed by atoms with Gasteiger partial charge in [0, 0.05) is 31.9 Å². The number of hydrogen-bond donors (Lipinski definition) is 1. The Labute approximate surface area is 212 Å². The van der Waals surface area contributed by atoms with Crippen LogP contribution in [0.4, 0.5) is 0 Å². The SMILES string of the molecule is CCCn1c(=O)c2c(nc(-c3cnn(CC#Cc4cccc(OCC(=O)O)c4)c3)n2C)n(CCC)c1=O. The van der Waals surface area contributed by atoms with Crippen LogP contribution in [-0.4, -0.2) is 46.1 Å². The minimum atomic E-state index is -1.05. The molecule has 4 rings (SSSR count). The molecule has 0 unspecified atom stereocenters. The molecule has 3 aromatic heterocycles. The molecule has 4 aromatic rings. The van der Waals surface area contributed by atoms with Crippen molar-refractivity contribution >= 4 is 17.1 Å². The van der Waals surface area contributed by atoms with Crippen molar-refractivity contribution in [2.24, 2.45) is 7.05 Å². The van der Waals surface area contributed by atoms with Crippen molar-refractivity contribution in [3.05, 3.63) is 63.1 Å². The number of carbonyl (C=O) groups is 1. The summed E-state index contributed by atoms with van der Waals surface area (Å²) in [5.41, 5.74) is 1.45. The predicted molar refractivity (Wildman–Crippen MR) is 137 cm³/mol. The molecule has 0 amide bonds. The molecule has 0 bridgehead atoms. The van der Waals surface area contributed by atoms with Crippen LogP contribution in [-0.2, 0) is 31.5 Å². The fourth-order valence-electron chi connectivity index (χ4n) is 4.06. The van der Waals surface area contributed by atoms with E-state index in [0.717, 1.165) is 6.42 Å². The second-order valence-corrected chi connectivity index (χ2v) is 8.50. The molecule has 37 heavy (non-hydrogen) atoms. The van der Waals surface area contributed by atoms with Gasteiger partial charge in [-0.15, -0.1) is 0 Å². The monoisotopic (exact) mass is 504 g/mol. The standard InChI is InChI=1S/C26H28N6O5/c1-4-11-31-24-22(25(35)32(12-5-2)26(31)36)29(3)23(28-24)19-15-27-30(16-19)13-7-9-18-8-6-10-20(14-18)37-17-21(33)34/h6,8,10,14-16H,4-5,11-13,17H2,1-3H3,(H,33,34). The Morgan fingerprint density at radius 2 is 1.89 bits per heavy atom. The molecule has 0 atom stereocenters. The first-order chi connectivity index (χ1) is 17.8. The van der Waals surface area contributed by atoms with E-state index in [9.17, 15) is 14.4 Å². The fourth-order valence-corrected chi connectivity index (χ4v) is 4.06. The highest BCUT2D eigenvalue weighted by atomic mass is 16.5. The third-order valence-electron chi connectivity index (χ3n) is 5.70. The van der Waals surface area contributed by atoms with Crippen molar-refractivity contribution in [1.82, 2.24) is 28.5 Å². The number of aliphatic carboxylic acids is 1. The summed E-state index contributed by atoms with van der Waals surface area (Å²) in [6.45, 7) is 4.60. The van der Waals surface area contributed by atoms with Crippen LogP contribution >= 0.6 is 0 Å². The lowest BCUT2D eigenvalue weighted by atomic mass is 10.2. The van der Waals surface area contributed by atoms with E-state index in [-0.39, 0.29) is 11.2 Å². The maximum Gasteiger partial charge on any atom is 0.341 e. The number of imidazole rings is 1. The molecule has 192 valence electrons. The number of nitrogens with zero attached hydrogens (tertiary/aromatic N) is 6. The van der Waals surface area contributed by atoms with E-state index in [0.29, 0.717) is 59.9 Å². The first-order valence-electron chi connectivity index (χ1n) is 12.0. The van der Waals surface area contributed by atoms with Crippen molar-refractivity contribution in [2.75, 3.05) is 6.61 Å². The fraction of sp³-hybridized carbons (Fsp3) is 0.346. The summed E-state index contributed by atoms with van der Waals surface area (Å²) in [5, 5.41) is 13.1. The highest BCUT2D eigenvalue weighted by molar-refractivity contribution is 5.76. The van der Waals surface area contributed by atoms with Crippen LogP contribution in [0.2, 0.25) is 0 Å². The lowest BCUT2D eigenvalue weighted by Crippen LogP contribution is -2.40. The number of aryl methyl sites for hydroxylation is 2. The normalized spacial score (nSPS) is 10.9. The molecular formula is C26H28N6O5. The van der Waals surface area contributed by atoms with Crippen LogP contribution in [0.3, 0.4) is 0 Å². The van der Waals surface area contributed by atoms with E-state index in [4.69, 9.17) is 9.84 Å². The van der Waals surface area contributed by atoms with Crippen LogP contribution < -0.4 is 16.0 Å². The number of rotatable bonds is 9. The van der Waals surface area contributed by atoms with Crippen molar-refractivity contribution in [3.8, 4) is 29.0 Å². The summed E-state index contributed by atoms with van der Waals surface area (Å²) in [5.74, 6) is 5.96. The summed E-state index contributed by atoms with van der Waals surface area (Å²) in [7, 11) is 1.76. The average molecular weight is 505 g/mol. The minimum Gasteiger partial charge on any atom is -0.482 e. The molecule has 0 aliphatic carbocycles. The van der Waals surface area contributed by atoms with Gasteiger partial charge in [-0.3, -0.25) is 18.6 Å². The van der Waals surface area contributed by atoms with Crippen LogP contribution in [0.5, 0.6) is 5.75 Å². The summed E-state index contributed by atoms with van der Waals surface area (Å²) in [6, 6.07) is 6.88. The Kier molecular flexibility index (Phi) is 7.57. The first kappa shape index (κ1) is 25.5. The van der Waals surface area contributed by atoms with Gasteiger partial charge in [-0.05, 0) is 31.0 Å². The minimum absolute atomic E-state index is 0.300. The van der Waals surface area contributed by atoms with E-state index in [2.05, 4.69) is 21.9 Å². The Balaban J connectivity index is 1.62. The van der Waals surface area contributed by atoms with Crippen LogP contribution in [0, 0.1) is 11.8 Å². The summed E-state index contributed by atoms with van der Waals surface area (Å²) in [6.07, 6.45) is 4.84. The van der Waals surface area contributed by atoms with E-state index in [1.165, 1.54) is 4.57 Å². The Morgan fingerprint density at radius 3 is 2.62 bits per heavy atom. The number of hydrogen-bond acceptors (Lipinski definition) is 6. The molecular weight excluding hydrogens is 476 g/mol. The molecule has 0 saturated carbocycles. The third kappa shape index (κ3) is 5.33. The van der Waals surface area contributed by atoms with Gasteiger partial charge in [0.05, 0.1) is 11.8 Å². The third-order valence-corrected chi connectivity index (χ3v) is 5.70. The van der Waals surface area contributed by atoms with E-state index < -0.39 is 12.6 Å². The lowest BCUT2D eigenvalue weighted by Gasteiger charge is -2.10. The van der Waals surface area contributed by atoms with E-state index in [1.807, 2.05) is 13.8 Å². The van der Waals surface area contributed by atoms with Crippen molar-refractivity contribution in [3.63, 3.8) is 0 Å². The van der Waals surface area contributed by atoms with Gasteiger partial charge in [-0.25, -0.2) is 14.6 Å². The number of fused-ring (bicyclic) bond motifs is 1. The molecule has 0 saturated heterocycles. The Morgan fingerprint density at radius 1 is 1.14 bits per heavy atom. The average Bonchev–Trinajstić information content (AvgIpc) is 3.48. The maximum absolute atomic E-state index is 13.2. The molecule has 11 heteroatoms. The van der Waals surface area contributed by atoms with Crippen LogP contribution in [0.25, 0.3) is 22.6 Å². The van der Waals surface area contributed by atoms with E-state index in [1.54, 1.807) is 57.5 Å². The van der Waals surface area contributed by atoms with Gasteiger partial charge in [0.15, 0.2) is 17.8 Å². The van der Waals surface area contributed by atoms with Gasteiger partial charge in [0.25, 0.3) is 5.56 Å². The molecule has 3 heterocycles. The molecule has 1 N–H and O–H groups in total. The Bertz CT molecular complexity index is 1630. The van der Waals surface area contributed by atoms with Crippen molar-refractivity contribution in [1.29, 1.82) is 0 Å². The largest absolute Gasteiger partial charge is 0.482 e. The maximum atomic E-state index is 13.2. The van der Waals surface area contributed by atoms with Crippen LogP contribution in [0.15, 0.2) is 46.2 Å². The second kappa shape index (κ2) is 11.0. The molecule has 1 aromatic carbocycles. The van der Waals surface area contributed by atoms with E-state index >= 15 is 0 Å². The van der Waals surface area contributed by atoms with Crippen molar-refractivity contribution in [2.45, 2.75) is 46.3 Å². The summed E-state index contributed by atoms with van der Waals surface area (Å²) >= 11 is 0. The molecule has 0 radical (unpaired) electrons. The van der Waals surface area contributed by atoms with Crippen LogP contribution in [0.1, 0.15) is 32.3 Å². The first-order valence-corrected chi connectivity index (χ1v) is 12.0. The summed E-state index contributed by atoms with van der Waals surface area (Å²) < 4.78 is 11.4. The smallest absolute Gasteiger partial charge is 0.341 e. The van der Waals surface area contributed by atoms with Gasteiger partial charge < -0.3 is 14.4 Å². The molecule has 0 aliphatic heterocycles. The lowest BCUT2D eigenvalue weighted by molar-refractivity contribution is -0.139. The van der Waals surface area contributed by atoms with Gasteiger partial charge in [-0.1, -0.05) is 31.8 Å².